The lowest BCUT2D eigenvalue weighted by Gasteiger charge is -2.19. The quantitative estimate of drug-likeness (QED) is 0.873. The van der Waals surface area contributed by atoms with Crippen LogP contribution in [0.4, 0.5) is 10.6 Å². The van der Waals surface area contributed by atoms with Crippen LogP contribution in [0.1, 0.15) is 30.4 Å². The highest BCUT2D eigenvalue weighted by atomic mass is 79.9. The van der Waals surface area contributed by atoms with Crippen LogP contribution in [0, 0.1) is 0 Å². The first-order valence-corrected chi connectivity index (χ1v) is 6.19. The summed E-state index contributed by atoms with van der Waals surface area (Å²) < 4.78 is 5.37. The predicted octanol–water partition coefficient (Wildman–Crippen LogP) is 2.95. The summed E-state index contributed by atoms with van der Waals surface area (Å²) in [4.78, 5) is 26.1. The number of hydrogen-bond donors (Lipinski definition) is 2. The molecule has 0 spiro atoms. The van der Waals surface area contributed by atoms with Gasteiger partial charge in [-0.15, -0.1) is 0 Å². The molecule has 0 saturated heterocycles. The van der Waals surface area contributed by atoms with E-state index in [9.17, 15) is 9.59 Å². The normalized spacial score (nSPS) is 11.1. The maximum absolute atomic E-state index is 11.4. The second-order valence-electron chi connectivity index (χ2n) is 4.08. The first-order chi connectivity index (χ1) is 7.69. The van der Waals surface area contributed by atoms with Crippen molar-refractivity contribution in [2.45, 2.75) is 26.4 Å². The van der Waals surface area contributed by atoms with E-state index in [-0.39, 0.29) is 10.7 Å². The fourth-order valence-corrected chi connectivity index (χ4v) is 2.17. The number of thiazole rings is 1. The lowest BCUT2D eigenvalue weighted by molar-refractivity contribution is 0.0635. The number of carboxylic acids is 1. The second-order valence-corrected chi connectivity index (χ2v) is 6.35. The van der Waals surface area contributed by atoms with Crippen molar-refractivity contribution in [2.24, 2.45) is 0 Å². The minimum Gasteiger partial charge on any atom is -0.477 e. The Bertz CT molecular complexity index is 452. The molecule has 1 aromatic heterocycles. The van der Waals surface area contributed by atoms with Gasteiger partial charge in [0.2, 0.25) is 0 Å². The standard InChI is InChI=1S/C9H11BrN2O4S/c1-9(2,3)16-8(15)12-5-4(6(13)14)17-7(10)11-5/h1-3H3,(H,12,15)(H,13,14). The fourth-order valence-electron chi connectivity index (χ4n) is 0.924. The summed E-state index contributed by atoms with van der Waals surface area (Å²) in [6, 6.07) is 0. The predicted molar refractivity (Wildman–Crippen MR) is 66.6 cm³/mol. The third-order valence-electron chi connectivity index (χ3n) is 1.41. The smallest absolute Gasteiger partial charge is 0.413 e. The number of halogens is 1. The average Bonchev–Trinajstić information content (AvgIpc) is 2.42. The number of carbonyl (C=O) groups excluding carboxylic acids is 1. The second kappa shape index (κ2) is 5.01. The summed E-state index contributed by atoms with van der Waals surface area (Å²) in [6.45, 7) is 5.13. The number of amides is 1. The highest BCUT2D eigenvalue weighted by Crippen LogP contribution is 2.27. The number of anilines is 1. The number of hydrogen-bond acceptors (Lipinski definition) is 5. The van der Waals surface area contributed by atoms with Crippen LogP contribution in [0.25, 0.3) is 0 Å². The largest absolute Gasteiger partial charge is 0.477 e. The Hall–Kier alpha value is -1.15. The van der Waals surface area contributed by atoms with Gasteiger partial charge in [-0.2, -0.15) is 0 Å². The van der Waals surface area contributed by atoms with Crippen LogP contribution < -0.4 is 5.32 Å². The summed E-state index contributed by atoms with van der Waals surface area (Å²) in [5, 5.41) is 11.2. The Balaban J connectivity index is 2.81. The topological polar surface area (TPSA) is 88.5 Å². The van der Waals surface area contributed by atoms with E-state index in [1.54, 1.807) is 20.8 Å². The number of carbonyl (C=O) groups is 2. The first-order valence-electron chi connectivity index (χ1n) is 4.58. The molecule has 1 rings (SSSR count). The van der Waals surface area contributed by atoms with E-state index in [2.05, 4.69) is 26.2 Å². The van der Waals surface area contributed by atoms with Gasteiger partial charge in [0.25, 0.3) is 0 Å². The molecular formula is C9H11BrN2O4S. The van der Waals surface area contributed by atoms with Gasteiger partial charge in [0.05, 0.1) is 0 Å². The Kier molecular flexibility index (Phi) is 4.10. The number of nitrogens with one attached hydrogen (secondary N) is 1. The highest BCUT2D eigenvalue weighted by molar-refractivity contribution is 9.11. The minimum absolute atomic E-state index is 0.0244. The maximum atomic E-state index is 11.4. The zero-order chi connectivity index (χ0) is 13.2. The molecule has 6 nitrogen and oxygen atoms in total. The Morgan fingerprint density at radius 2 is 2.06 bits per heavy atom. The zero-order valence-corrected chi connectivity index (χ0v) is 11.8. The van der Waals surface area contributed by atoms with Crippen LogP contribution in [-0.4, -0.2) is 27.8 Å². The fraction of sp³-hybridized carbons (Fsp3) is 0.444. The molecule has 1 amide bonds. The van der Waals surface area contributed by atoms with Crippen LogP contribution >= 0.6 is 27.3 Å². The maximum Gasteiger partial charge on any atom is 0.413 e. The monoisotopic (exact) mass is 322 g/mol. The lowest BCUT2D eigenvalue weighted by Crippen LogP contribution is -2.27. The molecule has 0 saturated carbocycles. The molecule has 94 valence electrons. The van der Waals surface area contributed by atoms with Crippen molar-refractivity contribution in [3.05, 3.63) is 8.79 Å². The summed E-state index contributed by atoms with van der Waals surface area (Å²) in [5.74, 6) is -1.18. The van der Waals surface area contributed by atoms with Crippen molar-refractivity contribution in [1.29, 1.82) is 0 Å². The molecule has 17 heavy (non-hydrogen) atoms. The molecule has 0 aromatic carbocycles. The van der Waals surface area contributed by atoms with E-state index in [4.69, 9.17) is 9.84 Å². The van der Waals surface area contributed by atoms with Gasteiger partial charge in [-0.1, -0.05) is 11.3 Å². The van der Waals surface area contributed by atoms with Gasteiger partial charge >= 0.3 is 12.1 Å². The zero-order valence-electron chi connectivity index (χ0n) is 9.41. The molecule has 0 aliphatic carbocycles. The van der Waals surface area contributed by atoms with Crippen LogP contribution in [-0.2, 0) is 4.74 Å². The molecule has 0 aliphatic heterocycles. The van der Waals surface area contributed by atoms with E-state index in [0.29, 0.717) is 3.92 Å². The third kappa shape index (κ3) is 4.31. The first kappa shape index (κ1) is 13.9. The Morgan fingerprint density at radius 1 is 1.47 bits per heavy atom. The van der Waals surface area contributed by atoms with Crippen LogP contribution in [0.3, 0.4) is 0 Å². The van der Waals surface area contributed by atoms with E-state index in [0.717, 1.165) is 11.3 Å². The molecule has 1 aromatic rings. The number of ether oxygens (including phenoxy) is 1. The van der Waals surface area contributed by atoms with Crippen LogP contribution in [0.15, 0.2) is 3.92 Å². The molecular weight excluding hydrogens is 312 g/mol. The average molecular weight is 323 g/mol. The van der Waals surface area contributed by atoms with Crippen molar-refractivity contribution >= 4 is 45.1 Å². The van der Waals surface area contributed by atoms with E-state index >= 15 is 0 Å². The van der Waals surface area contributed by atoms with Gasteiger partial charge in [0.15, 0.2) is 14.6 Å². The van der Waals surface area contributed by atoms with E-state index in [1.807, 2.05) is 0 Å². The Morgan fingerprint density at radius 3 is 2.53 bits per heavy atom. The number of carboxylic acid groups (broad SMARTS) is 1. The molecule has 1 heterocycles. The minimum atomic E-state index is -1.15. The number of nitrogens with zero attached hydrogens (tertiary/aromatic N) is 1. The van der Waals surface area contributed by atoms with Gasteiger partial charge in [0, 0.05) is 0 Å². The molecule has 0 atom stereocenters. The van der Waals surface area contributed by atoms with E-state index in [1.165, 1.54) is 0 Å². The number of aromatic carboxylic acids is 1. The summed E-state index contributed by atoms with van der Waals surface area (Å²) in [6.07, 6.45) is -0.738. The van der Waals surface area contributed by atoms with Gasteiger partial charge in [0.1, 0.15) is 5.60 Å². The number of aromatic nitrogens is 1. The van der Waals surface area contributed by atoms with Gasteiger partial charge in [-0.05, 0) is 36.7 Å². The molecule has 2 N–H and O–H groups in total. The van der Waals surface area contributed by atoms with Crippen molar-refractivity contribution in [2.75, 3.05) is 5.32 Å². The molecule has 0 fully saturated rings. The third-order valence-corrected chi connectivity index (χ3v) is 2.91. The van der Waals surface area contributed by atoms with Gasteiger partial charge < -0.3 is 9.84 Å². The summed E-state index contributed by atoms with van der Waals surface area (Å²) in [7, 11) is 0. The molecule has 0 radical (unpaired) electrons. The van der Waals surface area contributed by atoms with Crippen LogP contribution in [0.5, 0.6) is 0 Å². The van der Waals surface area contributed by atoms with E-state index < -0.39 is 17.7 Å². The lowest BCUT2D eigenvalue weighted by atomic mass is 10.2. The Labute approximate surface area is 110 Å². The van der Waals surface area contributed by atoms with Crippen molar-refractivity contribution in [3.8, 4) is 0 Å². The van der Waals surface area contributed by atoms with Gasteiger partial charge in [-0.25, -0.2) is 14.6 Å². The summed E-state index contributed by atoms with van der Waals surface area (Å²) in [5.41, 5.74) is -0.652. The molecule has 8 heteroatoms. The summed E-state index contributed by atoms with van der Waals surface area (Å²) >= 11 is 3.97. The van der Waals surface area contributed by atoms with Crippen molar-refractivity contribution in [1.82, 2.24) is 4.98 Å². The van der Waals surface area contributed by atoms with Crippen LogP contribution in [0.2, 0.25) is 0 Å². The van der Waals surface area contributed by atoms with Crippen molar-refractivity contribution < 1.29 is 19.4 Å². The van der Waals surface area contributed by atoms with Gasteiger partial charge in [-0.3, -0.25) is 5.32 Å². The van der Waals surface area contributed by atoms with Crippen molar-refractivity contribution in [3.63, 3.8) is 0 Å². The number of rotatable bonds is 2. The SMILES string of the molecule is CC(C)(C)OC(=O)Nc1nc(Br)sc1C(=O)O. The molecule has 0 unspecified atom stereocenters. The highest BCUT2D eigenvalue weighted by Gasteiger charge is 2.21. The molecule has 0 bridgehead atoms. The molecule has 0 aliphatic rings.